The highest BCUT2D eigenvalue weighted by molar-refractivity contribution is 6.01. The Balaban J connectivity index is 1.24. The minimum atomic E-state index is 0.761. The smallest absolute Gasteiger partial charge is 0.159 e. The SMILES string of the molecule is CN1c2ccccc2N(c2cccc(-c3cc(-c4nc5cccnc5n4C)cc(-c4nc5cccnc5n4C)c3-c3nc4cccnc4n3C)c2)c2ccccc21. The third-order valence-electron chi connectivity index (χ3n) is 11.1. The molecular weight excluding hydrogens is 707 g/mol. The molecule has 0 saturated heterocycles. The van der Waals surface area contributed by atoms with Crippen LogP contribution in [0, 0.1) is 0 Å². The molecule has 0 radical (unpaired) electrons. The lowest BCUT2D eigenvalue weighted by atomic mass is 9.91. The number of fused-ring (bicyclic) bond motifs is 5. The number of anilines is 5. The Hall–Kier alpha value is -7.66. The van der Waals surface area contributed by atoms with Crippen LogP contribution in [0.5, 0.6) is 0 Å². The van der Waals surface area contributed by atoms with Crippen LogP contribution < -0.4 is 9.80 Å². The van der Waals surface area contributed by atoms with Crippen molar-refractivity contribution >= 4 is 61.9 Å². The van der Waals surface area contributed by atoms with E-state index in [9.17, 15) is 0 Å². The van der Waals surface area contributed by atoms with E-state index in [1.54, 1.807) is 12.4 Å². The molecule has 0 aliphatic carbocycles. The number of nitrogens with zero attached hydrogens (tertiary/aromatic N) is 11. The third kappa shape index (κ3) is 4.91. The summed E-state index contributed by atoms with van der Waals surface area (Å²) in [5.41, 5.74) is 15.0. The van der Waals surface area contributed by atoms with E-state index in [0.29, 0.717) is 0 Å². The minimum Gasteiger partial charge on any atom is -0.341 e. The van der Waals surface area contributed by atoms with Crippen LogP contribution in [0.3, 0.4) is 0 Å². The standard InChI is InChI=1S/C46H35N11/c1-53-36-18-5-7-20-38(36)57(39-21-8-6-19-37(39)53)30-14-9-13-28(25-30)31-26-29(41-50-33-15-10-22-47-43(33)54(41)2)27-32(42-51-34-16-11-23-48-44(34)55(42)3)40(31)46-52-35-17-12-24-49-45(35)56(46)4/h5-27H,1-4H3. The Bertz CT molecular complexity index is 3180. The number of hydrogen-bond donors (Lipinski definition) is 0. The van der Waals surface area contributed by atoms with Crippen LogP contribution >= 0.6 is 0 Å². The number of hydrogen-bond acceptors (Lipinski definition) is 8. The normalized spacial score (nSPS) is 12.5. The monoisotopic (exact) mass is 741 g/mol. The lowest BCUT2D eigenvalue weighted by Gasteiger charge is -2.38. The number of aromatic nitrogens is 9. The van der Waals surface area contributed by atoms with Gasteiger partial charge in [0.05, 0.1) is 22.7 Å². The van der Waals surface area contributed by atoms with Gasteiger partial charge in [-0.1, -0.05) is 36.4 Å². The second kappa shape index (κ2) is 12.4. The first kappa shape index (κ1) is 32.7. The molecule has 6 aromatic heterocycles. The van der Waals surface area contributed by atoms with Crippen molar-refractivity contribution < 1.29 is 0 Å². The first-order valence-electron chi connectivity index (χ1n) is 18.8. The quantitative estimate of drug-likeness (QED) is 0.172. The van der Waals surface area contributed by atoms with Crippen molar-refractivity contribution in [1.29, 1.82) is 0 Å². The molecule has 1 aliphatic heterocycles. The summed E-state index contributed by atoms with van der Waals surface area (Å²) in [5, 5.41) is 0. The number of pyridine rings is 3. The molecular formula is C46H35N11. The first-order chi connectivity index (χ1) is 27.9. The number of imidazole rings is 3. The van der Waals surface area contributed by atoms with E-state index in [4.69, 9.17) is 24.9 Å². The fourth-order valence-corrected chi connectivity index (χ4v) is 8.43. The average Bonchev–Trinajstić information content (AvgIpc) is 3.90. The molecule has 0 unspecified atom stereocenters. The number of rotatable bonds is 5. The van der Waals surface area contributed by atoms with Crippen molar-refractivity contribution in [2.75, 3.05) is 16.8 Å². The van der Waals surface area contributed by atoms with Crippen molar-refractivity contribution in [2.45, 2.75) is 0 Å². The summed E-state index contributed by atoms with van der Waals surface area (Å²) in [5.74, 6) is 2.32. The highest BCUT2D eigenvalue weighted by Gasteiger charge is 2.29. The van der Waals surface area contributed by atoms with E-state index >= 15 is 0 Å². The molecule has 0 bridgehead atoms. The third-order valence-corrected chi connectivity index (χ3v) is 11.1. The van der Waals surface area contributed by atoms with Gasteiger partial charge in [0, 0.05) is 69.2 Å². The molecule has 0 fully saturated rings. The van der Waals surface area contributed by atoms with Crippen LogP contribution in [-0.4, -0.2) is 50.7 Å². The molecule has 7 heterocycles. The lowest BCUT2D eigenvalue weighted by Crippen LogP contribution is -2.23. The van der Waals surface area contributed by atoms with E-state index in [0.717, 1.165) is 107 Å². The van der Waals surface area contributed by atoms with Crippen molar-refractivity contribution in [1.82, 2.24) is 43.6 Å². The zero-order valence-electron chi connectivity index (χ0n) is 31.7. The predicted molar refractivity (Wildman–Crippen MR) is 227 cm³/mol. The Morgan fingerprint density at radius 1 is 0.404 bits per heavy atom. The van der Waals surface area contributed by atoms with E-state index in [-0.39, 0.29) is 0 Å². The molecule has 0 amide bonds. The summed E-state index contributed by atoms with van der Waals surface area (Å²) in [7, 11) is 8.20. The number of aryl methyl sites for hydroxylation is 3. The Kier molecular flexibility index (Phi) is 7.14. The van der Waals surface area contributed by atoms with Crippen LogP contribution in [0.15, 0.2) is 140 Å². The summed E-state index contributed by atoms with van der Waals surface area (Å²) in [6.07, 6.45) is 5.42. The summed E-state index contributed by atoms with van der Waals surface area (Å²) in [6.45, 7) is 0. The largest absolute Gasteiger partial charge is 0.341 e. The maximum absolute atomic E-state index is 5.27. The van der Waals surface area contributed by atoms with Crippen LogP contribution in [0.1, 0.15) is 0 Å². The first-order valence-corrected chi connectivity index (χ1v) is 18.8. The highest BCUT2D eigenvalue weighted by Crippen LogP contribution is 2.51. The van der Waals surface area contributed by atoms with Gasteiger partial charge in [0.15, 0.2) is 16.9 Å². The molecule has 57 heavy (non-hydrogen) atoms. The van der Waals surface area contributed by atoms with Gasteiger partial charge in [-0.3, -0.25) is 0 Å². The van der Waals surface area contributed by atoms with Crippen LogP contribution in [0.25, 0.3) is 78.8 Å². The summed E-state index contributed by atoms with van der Waals surface area (Å²) >= 11 is 0. The molecule has 0 spiro atoms. The molecule has 4 aromatic carbocycles. The van der Waals surface area contributed by atoms with Gasteiger partial charge < -0.3 is 23.5 Å². The highest BCUT2D eigenvalue weighted by atomic mass is 15.3. The fourth-order valence-electron chi connectivity index (χ4n) is 8.43. The van der Waals surface area contributed by atoms with E-state index in [1.807, 2.05) is 63.7 Å². The molecule has 0 atom stereocenters. The van der Waals surface area contributed by atoms with Crippen LogP contribution in [0.2, 0.25) is 0 Å². The maximum atomic E-state index is 5.27. The zero-order chi connectivity index (χ0) is 38.4. The second-order valence-electron chi connectivity index (χ2n) is 14.4. The summed E-state index contributed by atoms with van der Waals surface area (Å²) < 4.78 is 6.20. The van der Waals surface area contributed by atoms with Gasteiger partial charge in [-0.05, 0) is 96.1 Å². The fraction of sp³-hybridized carbons (Fsp3) is 0.0870. The van der Waals surface area contributed by atoms with Crippen LogP contribution in [0.4, 0.5) is 28.4 Å². The van der Waals surface area contributed by atoms with Gasteiger partial charge in [-0.15, -0.1) is 0 Å². The van der Waals surface area contributed by atoms with Crippen molar-refractivity contribution in [2.24, 2.45) is 21.1 Å². The zero-order valence-corrected chi connectivity index (χ0v) is 31.7. The molecule has 0 N–H and O–H groups in total. The summed E-state index contributed by atoms with van der Waals surface area (Å²) in [6, 6.07) is 42.1. The Morgan fingerprint density at radius 2 is 0.895 bits per heavy atom. The molecule has 0 saturated carbocycles. The molecule has 11 nitrogen and oxygen atoms in total. The lowest BCUT2D eigenvalue weighted by molar-refractivity contribution is 0.930. The van der Waals surface area contributed by atoms with E-state index in [2.05, 4.69) is 120 Å². The second-order valence-corrected chi connectivity index (χ2v) is 14.4. The average molecular weight is 742 g/mol. The summed E-state index contributed by atoms with van der Waals surface area (Å²) in [4.78, 5) is 34.4. The Labute approximate surface area is 327 Å². The Morgan fingerprint density at radius 3 is 1.47 bits per heavy atom. The van der Waals surface area contributed by atoms with Crippen molar-refractivity contribution in [3.63, 3.8) is 0 Å². The molecule has 1 aliphatic rings. The molecule has 11 rings (SSSR count). The van der Waals surface area contributed by atoms with Gasteiger partial charge in [-0.2, -0.15) is 0 Å². The van der Waals surface area contributed by atoms with Crippen molar-refractivity contribution in [3.8, 4) is 45.3 Å². The van der Waals surface area contributed by atoms with Gasteiger partial charge in [0.25, 0.3) is 0 Å². The topological polar surface area (TPSA) is 98.6 Å². The van der Waals surface area contributed by atoms with Crippen molar-refractivity contribution in [3.05, 3.63) is 140 Å². The predicted octanol–water partition coefficient (Wildman–Crippen LogP) is 9.75. The molecule has 274 valence electrons. The van der Waals surface area contributed by atoms with E-state index < -0.39 is 0 Å². The van der Waals surface area contributed by atoms with Gasteiger partial charge in [0.2, 0.25) is 0 Å². The number of benzene rings is 4. The number of para-hydroxylation sites is 4. The van der Waals surface area contributed by atoms with Gasteiger partial charge >= 0.3 is 0 Å². The maximum Gasteiger partial charge on any atom is 0.159 e. The molecule has 11 heteroatoms. The minimum absolute atomic E-state index is 0.761. The van der Waals surface area contributed by atoms with E-state index in [1.165, 1.54) is 0 Å². The van der Waals surface area contributed by atoms with Crippen LogP contribution in [-0.2, 0) is 21.1 Å². The molecule has 10 aromatic rings. The van der Waals surface area contributed by atoms with Gasteiger partial charge in [-0.25, -0.2) is 29.9 Å². The van der Waals surface area contributed by atoms with Gasteiger partial charge in [0.1, 0.15) is 34.0 Å².